The first-order chi connectivity index (χ1) is 6.79. The molecule has 1 aromatic rings. The molecule has 0 radical (unpaired) electrons. The number of rotatable bonds is 2. The Kier molecular flexibility index (Phi) is 2.82. The maximum Gasteiger partial charge on any atom is 0.219 e. The van der Waals surface area contributed by atoms with Crippen molar-refractivity contribution in [1.29, 1.82) is 0 Å². The number of nitrogens with zero attached hydrogens (tertiary/aromatic N) is 1. The Hall–Kier alpha value is -0.900. The normalized spacial score (nSPS) is 20.2. The molecule has 0 saturated carbocycles. The number of carbonyl (C=O) groups excluding carboxylic acids is 1. The maximum absolute atomic E-state index is 11.2. The van der Waals surface area contributed by atoms with E-state index in [1.807, 2.05) is 12.4 Å². The highest BCUT2D eigenvalue weighted by Crippen LogP contribution is 2.23. The monoisotopic (exact) mass is 210 g/mol. The van der Waals surface area contributed by atoms with Gasteiger partial charge in [0.25, 0.3) is 0 Å². The molecule has 1 aromatic heterocycles. The van der Waals surface area contributed by atoms with Crippen LogP contribution in [0.5, 0.6) is 0 Å². The minimum atomic E-state index is 0.156. The highest BCUT2D eigenvalue weighted by atomic mass is 32.1. The number of amides is 1. The van der Waals surface area contributed by atoms with Crippen LogP contribution in [0.3, 0.4) is 0 Å². The van der Waals surface area contributed by atoms with Gasteiger partial charge in [0.15, 0.2) is 0 Å². The third-order valence-electron chi connectivity index (χ3n) is 2.57. The molecule has 0 aromatic carbocycles. The average molecular weight is 210 g/mol. The molecule has 0 bridgehead atoms. The van der Waals surface area contributed by atoms with Crippen molar-refractivity contribution >= 4 is 17.2 Å². The molecule has 0 fully saturated rings. The van der Waals surface area contributed by atoms with E-state index in [9.17, 15) is 4.79 Å². The lowest BCUT2D eigenvalue weighted by Gasteiger charge is -2.22. The predicted molar refractivity (Wildman–Crippen MR) is 56.4 cm³/mol. The summed E-state index contributed by atoms with van der Waals surface area (Å²) >= 11 is 1.70. The fourth-order valence-electron chi connectivity index (χ4n) is 1.75. The Morgan fingerprint density at radius 2 is 2.64 bits per heavy atom. The molecule has 1 atom stereocenters. The van der Waals surface area contributed by atoms with Gasteiger partial charge in [0.1, 0.15) is 0 Å². The molecular weight excluding hydrogens is 196 g/mol. The summed E-state index contributed by atoms with van der Waals surface area (Å²) in [6, 6.07) is 0.329. The van der Waals surface area contributed by atoms with Gasteiger partial charge in [-0.25, -0.2) is 4.98 Å². The average Bonchev–Trinajstić information content (AvgIpc) is 2.64. The van der Waals surface area contributed by atoms with Crippen LogP contribution in [-0.4, -0.2) is 16.9 Å². The van der Waals surface area contributed by atoms with Crippen molar-refractivity contribution < 1.29 is 4.79 Å². The van der Waals surface area contributed by atoms with Gasteiger partial charge in [-0.1, -0.05) is 6.92 Å². The maximum atomic E-state index is 11.2. The number of hydrogen-bond donors (Lipinski definition) is 1. The fourth-order valence-corrected chi connectivity index (χ4v) is 2.65. The second-order valence-electron chi connectivity index (χ2n) is 3.58. The summed E-state index contributed by atoms with van der Waals surface area (Å²) in [6.45, 7) is 1.89. The summed E-state index contributed by atoms with van der Waals surface area (Å²) in [6.07, 6.45) is 3.58. The van der Waals surface area contributed by atoms with Crippen molar-refractivity contribution in [2.45, 2.75) is 38.6 Å². The number of fused-ring (bicyclic) bond motifs is 1. The van der Waals surface area contributed by atoms with Crippen LogP contribution >= 0.6 is 11.3 Å². The Labute approximate surface area is 87.6 Å². The highest BCUT2D eigenvalue weighted by Gasteiger charge is 2.21. The fraction of sp³-hybridized carbons (Fsp3) is 0.600. The number of thiazole rings is 1. The number of carbonyl (C=O) groups is 1. The summed E-state index contributed by atoms with van der Waals surface area (Å²) in [4.78, 5) is 16.8. The molecular formula is C10H14N2OS. The van der Waals surface area contributed by atoms with Crippen molar-refractivity contribution in [3.63, 3.8) is 0 Å². The number of aryl methyl sites for hydroxylation is 1. The molecule has 1 aliphatic carbocycles. The van der Waals surface area contributed by atoms with E-state index in [2.05, 4.69) is 10.3 Å². The topological polar surface area (TPSA) is 42.0 Å². The van der Waals surface area contributed by atoms with E-state index in [1.165, 1.54) is 10.6 Å². The van der Waals surface area contributed by atoms with Crippen molar-refractivity contribution in [2.75, 3.05) is 0 Å². The molecule has 0 aliphatic heterocycles. The standard InChI is InChI=1S/C10H14N2OS/c1-2-10(13)12-7-3-4-8-9(5-7)14-6-11-8/h6-7H,2-5H2,1H3,(H,12,13). The van der Waals surface area contributed by atoms with Crippen molar-refractivity contribution in [2.24, 2.45) is 0 Å². The summed E-state index contributed by atoms with van der Waals surface area (Å²) in [7, 11) is 0. The molecule has 1 amide bonds. The Morgan fingerprint density at radius 1 is 1.79 bits per heavy atom. The minimum Gasteiger partial charge on any atom is -0.353 e. The van der Waals surface area contributed by atoms with Crippen molar-refractivity contribution in [1.82, 2.24) is 10.3 Å². The molecule has 2 rings (SSSR count). The number of aromatic nitrogens is 1. The zero-order valence-electron chi connectivity index (χ0n) is 8.25. The third-order valence-corrected chi connectivity index (χ3v) is 3.47. The summed E-state index contributed by atoms with van der Waals surface area (Å²) in [5, 5.41) is 3.04. The first kappa shape index (κ1) is 9.65. The minimum absolute atomic E-state index is 0.156. The van der Waals surface area contributed by atoms with E-state index in [1.54, 1.807) is 11.3 Å². The molecule has 0 spiro atoms. The van der Waals surface area contributed by atoms with Gasteiger partial charge in [-0.05, 0) is 12.8 Å². The lowest BCUT2D eigenvalue weighted by atomic mass is 9.97. The molecule has 14 heavy (non-hydrogen) atoms. The van der Waals surface area contributed by atoms with E-state index in [0.29, 0.717) is 12.5 Å². The van der Waals surface area contributed by atoms with Crippen LogP contribution in [0.2, 0.25) is 0 Å². The Bertz CT molecular complexity index is 335. The van der Waals surface area contributed by atoms with E-state index in [-0.39, 0.29) is 5.91 Å². The van der Waals surface area contributed by atoms with Crippen LogP contribution in [0.1, 0.15) is 30.3 Å². The predicted octanol–water partition coefficient (Wildman–Crippen LogP) is 1.53. The van der Waals surface area contributed by atoms with Gasteiger partial charge in [0.05, 0.1) is 11.2 Å². The largest absolute Gasteiger partial charge is 0.353 e. The zero-order valence-corrected chi connectivity index (χ0v) is 9.06. The quantitative estimate of drug-likeness (QED) is 0.804. The van der Waals surface area contributed by atoms with Gasteiger partial charge in [0, 0.05) is 23.8 Å². The molecule has 0 saturated heterocycles. The van der Waals surface area contributed by atoms with Crippen LogP contribution in [0.15, 0.2) is 5.51 Å². The van der Waals surface area contributed by atoms with Crippen molar-refractivity contribution in [3.05, 3.63) is 16.1 Å². The molecule has 1 unspecified atom stereocenters. The molecule has 76 valence electrons. The third kappa shape index (κ3) is 1.95. The summed E-state index contributed by atoms with van der Waals surface area (Å²) in [5.74, 6) is 0.156. The zero-order chi connectivity index (χ0) is 9.97. The van der Waals surface area contributed by atoms with Crippen LogP contribution in [0.4, 0.5) is 0 Å². The molecule has 3 nitrogen and oxygen atoms in total. The van der Waals surface area contributed by atoms with Crippen LogP contribution in [-0.2, 0) is 17.6 Å². The second-order valence-corrected chi connectivity index (χ2v) is 4.52. The van der Waals surface area contributed by atoms with Gasteiger partial charge >= 0.3 is 0 Å². The van der Waals surface area contributed by atoms with Crippen LogP contribution in [0, 0.1) is 0 Å². The van der Waals surface area contributed by atoms with E-state index in [0.717, 1.165) is 19.3 Å². The summed E-state index contributed by atoms with van der Waals surface area (Å²) < 4.78 is 0. The van der Waals surface area contributed by atoms with Crippen molar-refractivity contribution in [3.8, 4) is 0 Å². The van der Waals surface area contributed by atoms with Gasteiger partial charge in [-0.3, -0.25) is 4.79 Å². The molecule has 1 N–H and O–H groups in total. The lowest BCUT2D eigenvalue weighted by molar-refractivity contribution is -0.121. The van der Waals surface area contributed by atoms with E-state index >= 15 is 0 Å². The van der Waals surface area contributed by atoms with Gasteiger partial charge in [-0.2, -0.15) is 0 Å². The molecule has 1 aliphatic rings. The number of hydrogen-bond acceptors (Lipinski definition) is 3. The van der Waals surface area contributed by atoms with Gasteiger partial charge in [0.2, 0.25) is 5.91 Å². The Balaban J connectivity index is 1.97. The van der Waals surface area contributed by atoms with Crippen LogP contribution in [0.25, 0.3) is 0 Å². The van der Waals surface area contributed by atoms with Gasteiger partial charge in [-0.15, -0.1) is 11.3 Å². The van der Waals surface area contributed by atoms with E-state index < -0.39 is 0 Å². The highest BCUT2D eigenvalue weighted by molar-refractivity contribution is 7.09. The number of nitrogens with one attached hydrogen (secondary N) is 1. The molecule has 4 heteroatoms. The van der Waals surface area contributed by atoms with Gasteiger partial charge < -0.3 is 5.32 Å². The summed E-state index contributed by atoms with van der Waals surface area (Å²) in [5.41, 5.74) is 3.13. The second kappa shape index (κ2) is 4.09. The SMILES string of the molecule is CCC(=O)NC1CCc2ncsc2C1. The smallest absolute Gasteiger partial charge is 0.219 e. The van der Waals surface area contributed by atoms with E-state index in [4.69, 9.17) is 0 Å². The Morgan fingerprint density at radius 3 is 3.43 bits per heavy atom. The first-order valence-corrected chi connectivity index (χ1v) is 5.88. The lowest BCUT2D eigenvalue weighted by Crippen LogP contribution is -2.38. The first-order valence-electron chi connectivity index (χ1n) is 5.00. The van der Waals surface area contributed by atoms with Crippen LogP contribution < -0.4 is 5.32 Å². The molecule has 1 heterocycles.